The van der Waals surface area contributed by atoms with E-state index >= 15 is 0 Å². The second kappa shape index (κ2) is 6.27. The van der Waals surface area contributed by atoms with Gasteiger partial charge in [-0.25, -0.2) is 4.79 Å². The molecule has 0 aromatic heterocycles. The summed E-state index contributed by atoms with van der Waals surface area (Å²) >= 11 is 0. The van der Waals surface area contributed by atoms with Crippen molar-refractivity contribution in [1.82, 2.24) is 5.32 Å². The largest absolute Gasteiger partial charge is 0.478 e. The number of amides is 1. The molecule has 3 N–H and O–H groups in total. The van der Waals surface area contributed by atoms with Crippen LogP contribution in [0.4, 0.5) is 0 Å². The lowest BCUT2D eigenvalue weighted by Gasteiger charge is -2.59. The number of rotatable bonds is 4. The molecule has 0 spiro atoms. The van der Waals surface area contributed by atoms with E-state index in [1.165, 1.54) is 0 Å². The topological polar surface area (TPSA) is 86.6 Å². The van der Waals surface area contributed by atoms with Crippen LogP contribution in [0, 0.1) is 22.7 Å². The van der Waals surface area contributed by atoms with Gasteiger partial charge in [-0.2, -0.15) is 0 Å². The first-order chi connectivity index (χ1) is 11.7. The number of hydrogen-bond acceptors (Lipinski definition) is 3. The van der Waals surface area contributed by atoms with Crippen molar-refractivity contribution >= 4 is 11.9 Å². The monoisotopic (exact) mass is 347 g/mol. The molecule has 0 unspecified atom stereocenters. The molecule has 0 bridgehead atoms. The average Bonchev–Trinajstić information content (AvgIpc) is 2.96. The van der Waals surface area contributed by atoms with Crippen LogP contribution in [0.3, 0.4) is 0 Å². The lowest BCUT2D eigenvalue weighted by atomic mass is 9.45. The molecule has 0 saturated heterocycles. The number of fused-ring (bicyclic) bond motifs is 1. The van der Waals surface area contributed by atoms with Gasteiger partial charge in [0.15, 0.2) is 0 Å². The van der Waals surface area contributed by atoms with Gasteiger partial charge in [0.05, 0.1) is 6.10 Å². The molecule has 1 amide bonds. The minimum absolute atomic E-state index is 0.0182. The van der Waals surface area contributed by atoms with Crippen LogP contribution < -0.4 is 5.32 Å². The first kappa shape index (κ1) is 18.2. The van der Waals surface area contributed by atoms with Crippen LogP contribution in [-0.4, -0.2) is 34.7 Å². The average molecular weight is 347 g/mol. The maximum atomic E-state index is 11.9. The van der Waals surface area contributed by atoms with E-state index in [9.17, 15) is 19.8 Å². The highest BCUT2D eigenvalue weighted by Crippen LogP contribution is 2.62. The van der Waals surface area contributed by atoms with Crippen LogP contribution in [0.2, 0.25) is 0 Å². The van der Waals surface area contributed by atoms with E-state index in [1.54, 1.807) is 6.08 Å². The normalized spacial score (nSPS) is 40.8. The number of aliphatic carboxylic acids is 1. The van der Waals surface area contributed by atoms with Crippen LogP contribution in [0.15, 0.2) is 23.3 Å². The van der Waals surface area contributed by atoms with E-state index in [1.807, 2.05) is 13.0 Å². The highest BCUT2D eigenvalue weighted by Gasteiger charge is 2.59. The molecule has 5 heteroatoms. The Labute approximate surface area is 149 Å². The molecular formula is C20H29NO4. The zero-order valence-electron chi connectivity index (χ0n) is 15.3. The van der Waals surface area contributed by atoms with Crippen LogP contribution >= 0.6 is 0 Å². The summed E-state index contributed by atoms with van der Waals surface area (Å²) in [7, 11) is 0. The summed E-state index contributed by atoms with van der Waals surface area (Å²) in [6.45, 7) is 6.91. The molecule has 3 aliphatic rings. The van der Waals surface area contributed by atoms with Gasteiger partial charge in [-0.1, -0.05) is 32.9 Å². The fourth-order valence-corrected chi connectivity index (χ4v) is 5.55. The zero-order chi connectivity index (χ0) is 18.4. The smallest absolute Gasteiger partial charge is 0.331 e. The van der Waals surface area contributed by atoms with Gasteiger partial charge in [0.2, 0.25) is 5.91 Å². The molecule has 0 radical (unpaired) electrons. The molecule has 1 aliphatic heterocycles. The number of carbonyl (C=O) groups is 2. The summed E-state index contributed by atoms with van der Waals surface area (Å²) in [5.41, 5.74) is 0.378. The first-order valence-electron chi connectivity index (χ1n) is 9.30. The Bertz CT molecular complexity index is 652. The lowest BCUT2D eigenvalue weighted by Crippen LogP contribution is -2.57. The van der Waals surface area contributed by atoms with Gasteiger partial charge in [-0.05, 0) is 49.4 Å². The fourth-order valence-electron chi connectivity index (χ4n) is 5.55. The first-order valence-corrected chi connectivity index (χ1v) is 9.30. The second-order valence-corrected chi connectivity index (χ2v) is 8.43. The molecule has 1 fully saturated rings. The molecule has 5 atom stereocenters. The molecule has 5 nitrogen and oxygen atoms in total. The molecule has 25 heavy (non-hydrogen) atoms. The number of carboxylic acids is 1. The number of aliphatic hydroxyl groups excluding tert-OH is 1. The third kappa shape index (κ3) is 2.73. The van der Waals surface area contributed by atoms with Crippen LogP contribution in [0.25, 0.3) is 0 Å². The number of nitrogens with one attached hydrogen (secondary N) is 1. The number of hydrogen-bond donors (Lipinski definition) is 3. The summed E-state index contributed by atoms with van der Waals surface area (Å²) in [5.74, 6) is -0.524. The molecule has 1 heterocycles. The Morgan fingerprint density at radius 2 is 2.08 bits per heavy atom. The SMILES string of the molecule is C[C@H]1C[C@H](O)[C@]2(C)C(C(=O)O)=CCC[C@H]2[C@@]1(C)CCC1=CCNC1=O. The molecule has 0 aromatic carbocycles. The van der Waals surface area contributed by atoms with Crippen LogP contribution in [0.1, 0.15) is 52.9 Å². The van der Waals surface area contributed by atoms with E-state index in [-0.39, 0.29) is 23.2 Å². The standard InChI is InChI=1S/C20H29NO4/c1-12-11-16(22)20(3)14(18(24)25)5-4-6-15(20)19(12,2)9-7-13-8-10-21-17(13)23/h5,8,12,15-16,22H,4,6-7,9-11H2,1-3H3,(H,21,23)(H,24,25)/t12-,15-,16-,19-,20+/m0/s1. The van der Waals surface area contributed by atoms with Crippen molar-refractivity contribution in [2.45, 2.75) is 59.0 Å². The summed E-state index contributed by atoms with van der Waals surface area (Å²) < 4.78 is 0. The van der Waals surface area contributed by atoms with Crippen molar-refractivity contribution < 1.29 is 19.8 Å². The van der Waals surface area contributed by atoms with E-state index in [2.05, 4.69) is 19.2 Å². The highest BCUT2D eigenvalue weighted by atomic mass is 16.4. The lowest BCUT2D eigenvalue weighted by molar-refractivity contribution is -0.148. The van der Waals surface area contributed by atoms with Gasteiger partial charge in [-0.3, -0.25) is 4.79 Å². The number of carboxylic acid groups (broad SMARTS) is 1. The van der Waals surface area contributed by atoms with E-state index < -0.39 is 17.5 Å². The molecule has 3 rings (SSSR count). The fraction of sp³-hybridized carbons (Fsp3) is 0.700. The summed E-state index contributed by atoms with van der Waals surface area (Å²) in [6.07, 6.45) is 6.88. The molecular weight excluding hydrogens is 318 g/mol. The van der Waals surface area contributed by atoms with Crippen molar-refractivity contribution in [2.24, 2.45) is 22.7 Å². The van der Waals surface area contributed by atoms with Gasteiger partial charge in [0.1, 0.15) is 0 Å². The van der Waals surface area contributed by atoms with Crippen molar-refractivity contribution in [2.75, 3.05) is 6.54 Å². The maximum absolute atomic E-state index is 11.9. The Morgan fingerprint density at radius 3 is 2.68 bits per heavy atom. The number of aliphatic hydroxyl groups is 1. The zero-order valence-corrected chi connectivity index (χ0v) is 15.3. The number of carbonyl (C=O) groups excluding carboxylic acids is 1. The predicted molar refractivity (Wildman–Crippen MR) is 94.8 cm³/mol. The second-order valence-electron chi connectivity index (χ2n) is 8.43. The van der Waals surface area contributed by atoms with E-state index in [4.69, 9.17) is 0 Å². The molecule has 138 valence electrons. The van der Waals surface area contributed by atoms with Crippen LogP contribution in [-0.2, 0) is 9.59 Å². The summed E-state index contributed by atoms with van der Waals surface area (Å²) in [6, 6.07) is 0. The Balaban J connectivity index is 1.92. The quantitative estimate of drug-likeness (QED) is 0.730. The van der Waals surface area contributed by atoms with Crippen molar-refractivity contribution in [1.29, 1.82) is 0 Å². The van der Waals surface area contributed by atoms with Gasteiger partial charge in [-0.15, -0.1) is 0 Å². The highest BCUT2D eigenvalue weighted by molar-refractivity contribution is 5.95. The van der Waals surface area contributed by atoms with Gasteiger partial charge >= 0.3 is 5.97 Å². The van der Waals surface area contributed by atoms with Crippen molar-refractivity contribution in [3.63, 3.8) is 0 Å². The summed E-state index contributed by atoms with van der Waals surface area (Å²) in [4.78, 5) is 23.7. The minimum Gasteiger partial charge on any atom is -0.478 e. The molecule has 1 saturated carbocycles. The summed E-state index contributed by atoms with van der Waals surface area (Å²) in [5, 5.41) is 23.3. The van der Waals surface area contributed by atoms with Gasteiger partial charge in [0.25, 0.3) is 0 Å². The Hall–Kier alpha value is -1.62. The minimum atomic E-state index is -0.916. The third-order valence-corrected chi connectivity index (χ3v) is 7.37. The van der Waals surface area contributed by atoms with Gasteiger partial charge in [0, 0.05) is 23.1 Å². The van der Waals surface area contributed by atoms with Crippen molar-refractivity contribution in [3.05, 3.63) is 23.3 Å². The number of allylic oxidation sites excluding steroid dienone is 1. The van der Waals surface area contributed by atoms with E-state index in [0.29, 0.717) is 25.0 Å². The third-order valence-electron chi connectivity index (χ3n) is 7.37. The Morgan fingerprint density at radius 1 is 1.36 bits per heavy atom. The molecule has 0 aromatic rings. The van der Waals surface area contributed by atoms with Crippen LogP contribution in [0.5, 0.6) is 0 Å². The van der Waals surface area contributed by atoms with Gasteiger partial charge < -0.3 is 15.5 Å². The maximum Gasteiger partial charge on any atom is 0.331 e. The molecule has 2 aliphatic carbocycles. The predicted octanol–water partition coefficient (Wildman–Crippen LogP) is 2.66. The Kier molecular flexibility index (Phi) is 4.56. The van der Waals surface area contributed by atoms with Crippen molar-refractivity contribution in [3.8, 4) is 0 Å². The van der Waals surface area contributed by atoms with E-state index in [0.717, 1.165) is 24.8 Å².